The van der Waals surface area contributed by atoms with E-state index in [1.54, 1.807) is 0 Å². The molecule has 0 amide bonds. The molecule has 5 heteroatoms. The van der Waals surface area contributed by atoms with Crippen LogP contribution >= 0.6 is 0 Å². The number of para-hydroxylation sites is 1. The zero-order valence-corrected chi connectivity index (χ0v) is 44.6. The van der Waals surface area contributed by atoms with Crippen LogP contribution in [0.3, 0.4) is 0 Å². The van der Waals surface area contributed by atoms with E-state index >= 15 is 0 Å². The number of hydrogen-bond acceptors (Lipinski definition) is 4. The van der Waals surface area contributed by atoms with E-state index < -0.39 is 0 Å². The molecule has 2 aromatic heterocycles. The average Bonchev–Trinajstić information content (AvgIpc) is 3.92. The Morgan fingerprint density at radius 2 is 1.17 bits per heavy atom. The molecule has 0 unspecified atom stereocenters. The van der Waals surface area contributed by atoms with E-state index in [4.69, 9.17) is 9.72 Å². The molecule has 9 aromatic rings. The number of hydrogen-bond donors (Lipinski definition) is 0. The highest BCUT2D eigenvalue weighted by Gasteiger charge is 2.32. The molecule has 0 bridgehead atoms. The second-order valence-electron chi connectivity index (χ2n) is 22.8. The predicted octanol–water partition coefficient (Wildman–Crippen LogP) is 19.3. The Morgan fingerprint density at radius 3 is 1.86 bits per heavy atom. The van der Waals surface area contributed by atoms with Gasteiger partial charge >= 0.3 is 0 Å². The fraction of sp³-hybridized carbons (Fsp3) is 0.299. The number of ether oxygens (including phenoxy) is 1. The molecular formula is C67H72N4O. The maximum absolute atomic E-state index is 7.24. The highest BCUT2D eigenvalue weighted by atomic mass is 16.5. The largest absolute Gasteiger partial charge is 0.457 e. The van der Waals surface area contributed by atoms with Crippen LogP contribution in [0.25, 0.3) is 49.9 Å². The van der Waals surface area contributed by atoms with Crippen LogP contribution in [0.1, 0.15) is 141 Å². The summed E-state index contributed by atoms with van der Waals surface area (Å²) in [7, 11) is 0. The van der Waals surface area contributed by atoms with Gasteiger partial charge in [-0.3, -0.25) is 4.57 Å². The number of aromatic nitrogens is 2. The molecule has 0 atom stereocenters. The third-order valence-corrected chi connectivity index (χ3v) is 15.1. The summed E-state index contributed by atoms with van der Waals surface area (Å²) >= 11 is 0. The quantitative estimate of drug-likeness (QED) is 0.122. The monoisotopic (exact) mass is 949 g/mol. The molecule has 1 aliphatic rings. The molecule has 72 heavy (non-hydrogen) atoms. The molecule has 7 aromatic carbocycles. The minimum Gasteiger partial charge on any atom is -0.457 e. The van der Waals surface area contributed by atoms with Gasteiger partial charge < -0.3 is 14.5 Å². The second-order valence-corrected chi connectivity index (χ2v) is 22.8. The first-order valence-electron chi connectivity index (χ1n) is 26.4. The number of rotatable bonds is 12. The van der Waals surface area contributed by atoms with Crippen molar-refractivity contribution in [3.8, 4) is 39.6 Å². The lowest BCUT2D eigenvalue weighted by molar-refractivity contribution is 0.483. The normalized spacial score (nSPS) is 13.1. The maximum atomic E-state index is 7.24. The molecular weight excluding hydrogens is 877 g/mol. The van der Waals surface area contributed by atoms with Crippen molar-refractivity contribution >= 4 is 44.6 Å². The maximum Gasteiger partial charge on any atom is 0.137 e. The molecule has 0 saturated heterocycles. The SMILES string of the molecule is CCC(CC)c1ccc2c(c1)N(c1cc(-c3ccccc3)cc(C(C)(C)C)c1)CN2c1cc(Oc2ccc3c4ccccc4n(-c4cc(C(C)(C)C)ccn4)c3c2)cc(-c2c(C(C)C)cccc2C(C)C)c1. The van der Waals surface area contributed by atoms with Gasteiger partial charge in [0.05, 0.1) is 22.4 Å². The van der Waals surface area contributed by atoms with Gasteiger partial charge in [0.2, 0.25) is 0 Å². The Balaban J connectivity index is 1.16. The molecule has 5 nitrogen and oxygen atoms in total. The van der Waals surface area contributed by atoms with Crippen molar-refractivity contribution in [3.63, 3.8) is 0 Å². The summed E-state index contributed by atoms with van der Waals surface area (Å²) in [6.07, 6.45) is 4.14. The summed E-state index contributed by atoms with van der Waals surface area (Å²) in [6.45, 7) is 28.3. The zero-order valence-electron chi connectivity index (χ0n) is 44.6. The molecule has 0 saturated carbocycles. The highest BCUT2D eigenvalue weighted by molar-refractivity contribution is 6.09. The van der Waals surface area contributed by atoms with Gasteiger partial charge in [0.25, 0.3) is 0 Å². The van der Waals surface area contributed by atoms with E-state index in [9.17, 15) is 0 Å². The van der Waals surface area contributed by atoms with E-state index in [1.165, 1.54) is 67.0 Å². The summed E-state index contributed by atoms with van der Waals surface area (Å²) in [5, 5.41) is 2.35. The zero-order chi connectivity index (χ0) is 50.6. The summed E-state index contributed by atoms with van der Waals surface area (Å²) in [4.78, 5) is 10.0. The number of pyridine rings is 1. The van der Waals surface area contributed by atoms with Gasteiger partial charge in [-0.15, -0.1) is 0 Å². The Hall–Kier alpha value is -7.11. The molecule has 0 fully saturated rings. The van der Waals surface area contributed by atoms with E-state index in [0.717, 1.165) is 57.8 Å². The Bertz CT molecular complexity index is 3410. The number of anilines is 4. The van der Waals surface area contributed by atoms with Gasteiger partial charge in [0.15, 0.2) is 0 Å². The van der Waals surface area contributed by atoms with Crippen LogP contribution in [0, 0.1) is 0 Å². The standard InChI is InChI=1S/C67H72N4O/c1-13-45(14-2)47-27-30-61-63(37-47)70(52-34-48(46-21-16-15-17-22-46)33-51(38-52)67(10,11)12)42-69(61)53-35-49(65-56(43(3)4)24-20-25-57(65)44(5)6)36-55(40-53)72-54-28-29-59-58-23-18-19-26-60(58)71(62(59)41-54)64-39-50(31-32-68-64)66(7,8)9/h15-41,43-45H,13-14,42H2,1-12H3. The number of nitrogens with zero attached hydrogens (tertiary/aromatic N) is 4. The molecule has 366 valence electrons. The Labute approximate surface area is 429 Å². The lowest BCUT2D eigenvalue weighted by Gasteiger charge is -2.27. The molecule has 0 radical (unpaired) electrons. The van der Waals surface area contributed by atoms with Crippen LogP contribution in [-0.4, -0.2) is 16.2 Å². The van der Waals surface area contributed by atoms with Crippen LogP contribution in [0.15, 0.2) is 164 Å². The molecule has 0 spiro atoms. The third kappa shape index (κ3) is 9.19. The van der Waals surface area contributed by atoms with Gasteiger partial charge in [0.1, 0.15) is 24.0 Å². The van der Waals surface area contributed by atoms with Crippen molar-refractivity contribution in [2.75, 3.05) is 16.5 Å². The van der Waals surface area contributed by atoms with Crippen LogP contribution in [0.4, 0.5) is 22.7 Å². The molecule has 3 heterocycles. The number of fused-ring (bicyclic) bond motifs is 4. The molecule has 10 rings (SSSR count). The summed E-state index contributed by atoms with van der Waals surface area (Å²) in [5.74, 6) is 3.58. The minimum atomic E-state index is -0.0536. The van der Waals surface area contributed by atoms with Crippen LogP contribution < -0.4 is 14.5 Å². The van der Waals surface area contributed by atoms with Crippen molar-refractivity contribution in [2.45, 2.75) is 125 Å². The van der Waals surface area contributed by atoms with Crippen molar-refractivity contribution in [1.82, 2.24) is 9.55 Å². The Morgan fingerprint density at radius 1 is 0.514 bits per heavy atom. The van der Waals surface area contributed by atoms with Crippen molar-refractivity contribution in [2.24, 2.45) is 0 Å². The van der Waals surface area contributed by atoms with Gasteiger partial charge in [-0.05, 0) is 158 Å². The first-order valence-corrected chi connectivity index (χ1v) is 26.4. The lowest BCUT2D eigenvalue weighted by atomic mass is 9.85. The van der Waals surface area contributed by atoms with Gasteiger partial charge in [-0.1, -0.05) is 162 Å². The summed E-state index contributed by atoms with van der Waals surface area (Å²) < 4.78 is 9.53. The lowest BCUT2D eigenvalue weighted by Crippen LogP contribution is -2.24. The fourth-order valence-electron chi connectivity index (χ4n) is 11.0. The van der Waals surface area contributed by atoms with E-state index in [1.807, 2.05) is 6.20 Å². The van der Waals surface area contributed by atoms with E-state index in [-0.39, 0.29) is 10.8 Å². The number of benzene rings is 7. The smallest absolute Gasteiger partial charge is 0.137 e. The molecule has 0 N–H and O–H groups in total. The minimum absolute atomic E-state index is 0.0265. The third-order valence-electron chi connectivity index (χ3n) is 15.1. The first-order chi connectivity index (χ1) is 34.5. The Kier molecular flexibility index (Phi) is 12.9. The molecule has 1 aliphatic heterocycles. The van der Waals surface area contributed by atoms with Crippen molar-refractivity contribution in [3.05, 3.63) is 192 Å². The van der Waals surface area contributed by atoms with E-state index in [2.05, 4.69) is 255 Å². The molecule has 0 aliphatic carbocycles. The highest BCUT2D eigenvalue weighted by Crippen LogP contribution is 2.50. The predicted molar refractivity (Wildman–Crippen MR) is 307 cm³/mol. The average molecular weight is 949 g/mol. The van der Waals surface area contributed by atoms with Gasteiger partial charge in [-0.2, -0.15) is 0 Å². The van der Waals surface area contributed by atoms with Crippen LogP contribution in [-0.2, 0) is 10.8 Å². The second kappa shape index (κ2) is 19.1. The van der Waals surface area contributed by atoms with Crippen molar-refractivity contribution < 1.29 is 4.74 Å². The first kappa shape index (κ1) is 48.5. The van der Waals surface area contributed by atoms with Crippen LogP contribution in [0.2, 0.25) is 0 Å². The summed E-state index contributed by atoms with van der Waals surface area (Å²) in [5.41, 5.74) is 18.3. The summed E-state index contributed by atoms with van der Waals surface area (Å²) in [6, 6.07) is 58.6. The fourth-order valence-corrected chi connectivity index (χ4v) is 11.0. The van der Waals surface area contributed by atoms with Crippen molar-refractivity contribution in [1.29, 1.82) is 0 Å². The topological polar surface area (TPSA) is 33.5 Å². The van der Waals surface area contributed by atoms with Crippen LogP contribution in [0.5, 0.6) is 11.5 Å². The van der Waals surface area contributed by atoms with Gasteiger partial charge in [0, 0.05) is 40.5 Å². The van der Waals surface area contributed by atoms with Gasteiger partial charge in [-0.25, -0.2) is 4.98 Å². The van der Waals surface area contributed by atoms with E-state index in [0.29, 0.717) is 24.4 Å².